The van der Waals surface area contributed by atoms with Crippen molar-refractivity contribution in [3.63, 3.8) is 0 Å². The molecule has 0 aromatic heterocycles. The van der Waals surface area contributed by atoms with Crippen molar-refractivity contribution < 1.29 is 28.6 Å². The lowest BCUT2D eigenvalue weighted by Gasteiger charge is -2.05. The lowest BCUT2D eigenvalue weighted by atomic mass is 10.3. The van der Waals surface area contributed by atoms with Crippen LogP contribution in [0.5, 0.6) is 0 Å². The zero-order valence-electron chi connectivity index (χ0n) is 9.46. The molecule has 7 heteroatoms. The Kier molecular flexibility index (Phi) is 8.05. The van der Waals surface area contributed by atoms with Crippen molar-refractivity contribution in [1.29, 1.82) is 0 Å². The van der Waals surface area contributed by atoms with E-state index in [1.165, 1.54) is 12.2 Å². The van der Waals surface area contributed by atoms with Crippen molar-refractivity contribution in [1.82, 2.24) is 0 Å². The third-order valence-corrected chi connectivity index (χ3v) is 1.74. The van der Waals surface area contributed by atoms with Gasteiger partial charge >= 0.3 is 14.8 Å². The number of carbonyl (C=O) groups excluding carboxylic acids is 1. The van der Waals surface area contributed by atoms with Crippen molar-refractivity contribution >= 4 is 14.8 Å². The Bertz CT molecular complexity index is 310. The molecule has 0 saturated heterocycles. The first-order valence-electron chi connectivity index (χ1n) is 4.65. The van der Waals surface area contributed by atoms with Crippen LogP contribution in [0.15, 0.2) is 36.6 Å². The van der Waals surface area contributed by atoms with Crippen LogP contribution in [0, 0.1) is 0 Å². The predicted molar refractivity (Wildman–Crippen MR) is 62.8 cm³/mol. The second-order valence-corrected chi connectivity index (χ2v) is 3.46. The zero-order chi connectivity index (χ0) is 13.3. The van der Waals surface area contributed by atoms with Crippen LogP contribution in [0.3, 0.4) is 0 Å². The van der Waals surface area contributed by atoms with Gasteiger partial charge in [-0.25, -0.2) is 4.79 Å². The van der Waals surface area contributed by atoms with Gasteiger partial charge < -0.3 is 23.8 Å². The number of carbonyl (C=O) groups is 1. The smallest absolute Gasteiger partial charge is 0.435 e. The van der Waals surface area contributed by atoms with E-state index in [0.717, 1.165) is 0 Å². The molecule has 17 heavy (non-hydrogen) atoms. The molecule has 0 heterocycles. The standard InChI is InChI=1S/C10H15O6P/c1-4-14-10(11)15-7-8(2)5-6-9(3)16-17(12)13/h5-6,12-13H,2-4,7H2,1H3/b6-5-. The van der Waals surface area contributed by atoms with Gasteiger partial charge in [0.05, 0.1) is 6.61 Å². The minimum atomic E-state index is -2.48. The average molecular weight is 262 g/mol. The van der Waals surface area contributed by atoms with Crippen LogP contribution < -0.4 is 0 Å². The summed E-state index contributed by atoms with van der Waals surface area (Å²) < 4.78 is 13.7. The highest BCUT2D eigenvalue weighted by Crippen LogP contribution is 2.28. The molecule has 0 saturated carbocycles. The molecule has 0 rings (SSSR count). The molecule has 0 bridgehead atoms. The van der Waals surface area contributed by atoms with Gasteiger partial charge in [-0.1, -0.05) is 19.2 Å². The Morgan fingerprint density at radius 3 is 2.47 bits per heavy atom. The summed E-state index contributed by atoms with van der Waals surface area (Å²) in [6, 6.07) is 0. The molecule has 0 aromatic carbocycles. The molecule has 0 aliphatic carbocycles. The molecule has 0 atom stereocenters. The Morgan fingerprint density at radius 2 is 1.94 bits per heavy atom. The number of hydrogen-bond acceptors (Lipinski definition) is 6. The molecule has 0 aromatic rings. The third kappa shape index (κ3) is 9.56. The van der Waals surface area contributed by atoms with Gasteiger partial charge in [-0.15, -0.1) is 0 Å². The summed E-state index contributed by atoms with van der Waals surface area (Å²) in [6.45, 7) is 8.88. The summed E-state index contributed by atoms with van der Waals surface area (Å²) in [7, 11) is -2.48. The van der Waals surface area contributed by atoms with Gasteiger partial charge in [-0.3, -0.25) is 0 Å². The first-order valence-corrected chi connectivity index (χ1v) is 5.82. The van der Waals surface area contributed by atoms with E-state index in [0.29, 0.717) is 5.57 Å². The highest BCUT2D eigenvalue weighted by Gasteiger charge is 2.03. The predicted octanol–water partition coefficient (Wildman–Crippen LogP) is 2.01. The van der Waals surface area contributed by atoms with E-state index in [4.69, 9.17) is 9.79 Å². The van der Waals surface area contributed by atoms with Gasteiger partial charge in [0, 0.05) is 0 Å². The normalized spacial score (nSPS) is 10.4. The van der Waals surface area contributed by atoms with Gasteiger partial charge in [0.15, 0.2) is 0 Å². The highest BCUT2D eigenvalue weighted by atomic mass is 31.2. The van der Waals surface area contributed by atoms with E-state index in [1.807, 2.05) is 0 Å². The average Bonchev–Trinajstić information content (AvgIpc) is 2.23. The van der Waals surface area contributed by atoms with Gasteiger partial charge in [0.1, 0.15) is 12.4 Å². The molecular formula is C10H15O6P. The fourth-order valence-corrected chi connectivity index (χ4v) is 0.976. The van der Waals surface area contributed by atoms with Gasteiger partial charge in [-0.05, 0) is 18.6 Å². The molecule has 0 unspecified atom stereocenters. The van der Waals surface area contributed by atoms with Crippen LogP contribution in [0.1, 0.15) is 6.92 Å². The first kappa shape index (κ1) is 15.6. The second-order valence-electron chi connectivity index (χ2n) is 2.77. The number of allylic oxidation sites excluding steroid dienone is 1. The summed E-state index contributed by atoms with van der Waals surface area (Å²) in [5.74, 6) is 0.0680. The van der Waals surface area contributed by atoms with E-state index in [1.54, 1.807) is 6.92 Å². The maximum absolute atomic E-state index is 10.8. The molecule has 0 aliphatic rings. The molecule has 0 amide bonds. The van der Waals surface area contributed by atoms with Crippen molar-refractivity contribution in [2.24, 2.45) is 0 Å². The fraction of sp³-hybridized carbons (Fsp3) is 0.300. The van der Waals surface area contributed by atoms with Gasteiger partial charge in [-0.2, -0.15) is 0 Å². The third-order valence-electron chi connectivity index (χ3n) is 1.34. The maximum atomic E-state index is 10.8. The summed E-state index contributed by atoms with van der Waals surface area (Å²) in [5, 5.41) is 0. The largest absolute Gasteiger partial charge is 0.508 e. The van der Waals surface area contributed by atoms with Gasteiger partial charge in [0.25, 0.3) is 0 Å². The number of rotatable bonds is 7. The molecule has 0 aliphatic heterocycles. The van der Waals surface area contributed by atoms with Gasteiger partial charge in [0.2, 0.25) is 0 Å². The van der Waals surface area contributed by atoms with E-state index in [-0.39, 0.29) is 19.0 Å². The molecular weight excluding hydrogens is 247 g/mol. The van der Waals surface area contributed by atoms with Crippen molar-refractivity contribution in [3.05, 3.63) is 36.6 Å². The van der Waals surface area contributed by atoms with Crippen molar-refractivity contribution in [3.8, 4) is 0 Å². The van der Waals surface area contributed by atoms with Crippen molar-refractivity contribution in [2.45, 2.75) is 6.92 Å². The molecule has 0 spiro atoms. The topological polar surface area (TPSA) is 85.2 Å². The summed E-state index contributed by atoms with van der Waals surface area (Å²) in [6.07, 6.45) is 2.07. The molecule has 6 nitrogen and oxygen atoms in total. The van der Waals surface area contributed by atoms with Crippen LogP contribution in [0.4, 0.5) is 4.79 Å². The summed E-state index contributed by atoms with van der Waals surface area (Å²) in [4.78, 5) is 27.9. The minimum Gasteiger partial charge on any atom is -0.435 e. The summed E-state index contributed by atoms with van der Waals surface area (Å²) >= 11 is 0. The Hall–Kier alpha value is -1.36. The fourth-order valence-electron chi connectivity index (χ4n) is 0.705. The Labute approximate surface area is 101 Å². The van der Waals surface area contributed by atoms with Crippen LogP contribution >= 0.6 is 8.60 Å². The summed E-state index contributed by atoms with van der Waals surface area (Å²) in [5.41, 5.74) is 0.475. The Morgan fingerprint density at radius 1 is 1.29 bits per heavy atom. The van der Waals surface area contributed by atoms with E-state index >= 15 is 0 Å². The zero-order valence-corrected chi connectivity index (χ0v) is 10.4. The SMILES string of the molecule is C=C(/C=C\C(=C)OP(O)O)COC(=O)OCC. The molecule has 2 N–H and O–H groups in total. The second kappa shape index (κ2) is 8.75. The minimum absolute atomic E-state index is 0.0321. The maximum Gasteiger partial charge on any atom is 0.508 e. The van der Waals surface area contributed by atoms with Crippen LogP contribution in [-0.2, 0) is 14.0 Å². The monoisotopic (exact) mass is 262 g/mol. The lowest BCUT2D eigenvalue weighted by molar-refractivity contribution is 0.0661. The molecule has 0 radical (unpaired) electrons. The Balaban J connectivity index is 3.89. The quantitative estimate of drug-likeness (QED) is 0.316. The van der Waals surface area contributed by atoms with E-state index < -0.39 is 14.8 Å². The molecule has 96 valence electrons. The van der Waals surface area contributed by atoms with Crippen LogP contribution in [0.2, 0.25) is 0 Å². The van der Waals surface area contributed by atoms with E-state index in [2.05, 4.69) is 27.2 Å². The first-order chi connectivity index (χ1) is 7.95. The number of ether oxygens (including phenoxy) is 2. The van der Waals surface area contributed by atoms with Crippen LogP contribution in [0.25, 0.3) is 0 Å². The van der Waals surface area contributed by atoms with Crippen LogP contribution in [-0.4, -0.2) is 29.2 Å². The lowest BCUT2D eigenvalue weighted by Crippen LogP contribution is -2.08. The van der Waals surface area contributed by atoms with Crippen molar-refractivity contribution in [2.75, 3.05) is 13.2 Å². The van der Waals surface area contributed by atoms with E-state index in [9.17, 15) is 4.79 Å². The number of hydrogen-bond donors (Lipinski definition) is 2. The highest BCUT2D eigenvalue weighted by molar-refractivity contribution is 7.39. The molecule has 0 fully saturated rings.